The molecule has 0 bridgehead atoms. The number of carboxylic acid groups (broad SMARTS) is 1. The molecule has 5 nitrogen and oxygen atoms in total. The van der Waals surface area contributed by atoms with Crippen molar-refractivity contribution in [2.24, 2.45) is 0 Å². The molecule has 0 saturated heterocycles. The molecule has 0 amide bonds. The molecule has 0 spiro atoms. The number of nitrogen functional groups attached to an aromatic ring is 1. The first-order valence-electron chi connectivity index (χ1n) is 7.30. The van der Waals surface area contributed by atoms with E-state index in [0.717, 1.165) is 0 Å². The fourth-order valence-corrected chi connectivity index (χ4v) is 2.51. The van der Waals surface area contributed by atoms with E-state index in [1.54, 1.807) is 36.4 Å². The lowest BCUT2D eigenvalue weighted by molar-refractivity contribution is 0.0697. The number of rotatable bonds is 3. The van der Waals surface area contributed by atoms with Crippen molar-refractivity contribution in [1.29, 1.82) is 5.26 Å². The summed E-state index contributed by atoms with van der Waals surface area (Å²) < 4.78 is 14.2. The fraction of sp³-hybridized carbons (Fsp3) is 0. The Morgan fingerprint density at radius 3 is 2.40 bits per heavy atom. The highest BCUT2D eigenvalue weighted by molar-refractivity contribution is 5.88. The van der Waals surface area contributed by atoms with Gasteiger partial charge in [-0.1, -0.05) is 30.3 Å². The van der Waals surface area contributed by atoms with Gasteiger partial charge in [0.15, 0.2) is 0 Å². The smallest absolute Gasteiger partial charge is 0.335 e. The predicted molar refractivity (Wildman–Crippen MR) is 91.2 cm³/mol. The maximum atomic E-state index is 14.2. The van der Waals surface area contributed by atoms with Crippen LogP contribution in [0.4, 0.5) is 10.2 Å². The van der Waals surface area contributed by atoms with Gasteiger partial charge in [-0.3, -0.25) is 0 Å². The van der Waals surface area contributed by atoms with Crippen molar-refractivity contribution in [3.05, 3.63) is 71.5 Å². The number of halogens is 1. The number of hydrogen-bond acceptors (Lipinski definition) is 4. The van der Waals surface area contributed by atoms with Gasteiger partial charge in [-0.05, 0) is 24.3 Å². The molecule has 0 aliphatic carbocycles. The summed E-state index contributed by atoms with van der Waals surface area (Å²) in [5.41, 5.74) is 7.74. The summed E-state index contributed by atoms with van der Waals surface area (Å²) in [7, 11) is 0. The average molecular weight is 333 g/mol. The number of nitrogens with zero attached hydrogens (tertiary/aromatic N) is 2. The molecule has 1 aromatic heterocycles. The Hall–Kier alpha value is -3.72. The second-order valence-corrected chi connectivity index (χ2v) is 5.29. The molecule has 0 fully saturated rings. The first-order valence-corrected chi connectivity index (χ1v) is 7.30. The van der Waals surface area contributed by atoms with Crippen LogP contribution in [0.5, 0.6) is 0 Å². The molecule has 0 aliphatic heterocycles. The van der Waals surface area contributed by atoms with Crippen molar-refractivity contribution >= 4 is 11.8 Å². The van der Waals surface area contributed by atoms with Gasteiger partial charge in [-0.25, -0.2) is 14.2 Å². The van der Waals surface area contributed by atoms with Crippen LogP contribution < -0.4 is 5.73 Å². The third kappa shape index (κ3) is 3.03. The Kier molecular flexibility index (Phi) is 4.14. The van der Waals surface area contributed by atoms with E-state index in [4.69, 9.17) is 10.8 Å². The average Bonchev–Trinajstić information content (AvgIpc) is 2.61. The molecule has 3 rings (SSSR count). The molecule has 0 unspecified atom stereocenters. The zero-order valence-electron chi connectivity index (χ0n) is 12.9. The molecule has 25 heavy (non-hydrogen) atoms. The number of benzene rings is 2. The molecule has 1 heterocycles. The van der Waals surface area contributed by atoms with Crippen molar-refractivity contribution in [3.8, 4) is 28.5 Å². The summed E-state index contributed by atoms with van der Waals surface area (Å²) in [6, 6.07) is 15.7. The Balaban J connectivity index is 2.19. The molecular weight excluding hydrogens is 321 g/mol. The molecule has 0 aliphatic rings. The number of carboxylic acids is 1. The molecule has 2 aromatic carbocycles. The van der Waals surface area contributed by atoms with E-state index in [-0.39, 0.29) is 22.5 Å². The number of pyridine rings is 1. The van der Waals surface area contributed by atoms with Gasteiger partial charge in [-0.2, -0.15) is 5.26 Å². The highest BCUT2D eigenvalue weighted by Crippen LogP contribution is 2.32. The van der Waals surface area contributed by atoms with Crippen LogP contribution >= 0.6 is 0 Å². The fourth-order valence-electron chi connectivity index (χ4n) is 2.51. The minimum absolute atomic E-state index is 0.0134. The number of aromatic carboxylic acids is 1. The van der Waals surface area contributed by atoms with Gasteiger partial charge in [0, 0.05) is 16.7 Å². The predicted octanol–water partition coefficient (Wildman–Crippen LogP) is 3.71. The van der Waals surface area contributed by atoms with Crippen molar-refractivity contribution < 1.29 is 14.3 Å². The van der Waals surface area contributed by atoms with Crippen molar-refractivity contribution in [2.45, 2.75) is 0 Å². The standard InChI is InChI=1S/C19H12FN3O2/c20-16-4-2-1-3-13(16)14-9-17(23-18(22)15(14)10-21)11-5-7-12(8-6-11)19(24)25/h1-9H,(H2,22,23)(H,24,25). The number of hydrogen-bond donors (Lipinski definition) is 2. The SMILES string of the molecule is N#Cc1c(-c2ccccc2F)cc(-c2ccc(C(=O)O)cc2)nc1N. The first-order chi connectivity index (χ1) is 12.0. The van der Waals surface area contributed by atoms with Gasteiger partial charge < -0.3 is 10.8 Å². The minimum Gasteiger partial charge on any atom is -0.478 e. The van der Waals surface area contributed by atoms with Gasteiger partial charge in [-0.15, -0.1) is 0 Å². The molecule has 0 radical (unpaired) electrons. The van der Waals surface area contributed by atoms with Crippen LogP contribution in [0, 0.1) is 17.1 Å². The molecule has 0 atom stereocenters. The topological polar surface area (TPSA) is 100 Å². The van der Waals surface area contributed by atoms with Crippen LogP contribution in [0.15, 0.2) is 54.6 Å². The van der Waals surface area contributed by atoms with Crippen LogP contribution in [-0.2, 0) is 0 Å². The summed E-state index contributed by atoms with van der Waals surface area (Å²) in [5.74, 6) is -1.52. The van der Waals surface area contributed by atoms with Gasteiger partial charge >= 0.3 is 5.97 Å². The number of nitriles is 1. The zero-order chi connectivity index (χ0) is 18.0. The number of anilines is 1. The maximum absolute atomic E-state index is 14.2. The van der Waals surface area contributed by atoms with Crippen LogP contribution in [0.2, 0.25) is 0 Å². The van der Waals surface area contributed by atoms with Crippen LogP contribution in [0.3, 0.4) is 0 Å². The molecule has 122 valence electrons. The van der Waals surface area contributed by atoms with E-state index >= 15 is 0 Å². The molecule has 3 N–H and O–H groups in total. The summed E-state index contributed by atoms with van der Waals surface area (Å²) in [6.45, 7) is 0. The zero-order valence-corrected chi connectivity index (χ0v) is 12.9. The van der Waals surface area contributed by atoms with E-state index < -0.39 is 11.8 Å². The second kappa shape index (κ2) is 6.42. The Labute approximate surface area is 142 Å². The Morgan fingerprint density at radius 1 is 1.12 bits per heavy atom. The van der Waals surface area contributed by atoms with Gasteiger partial charge in [0.05, 0.1) is 11.3 Å². The lowest BCUT2D eigenvalue weighted by Crippen LogP contribution is -2.01. The lowest BCUT2D eigenvalue weighted by Gasteiger charge is -2.11. The van der Waals surface area contributed by atoms with E-state index in [2.05, 4.69) is 4.98 Å². The second-order valence-electron chi connectivity index (χ2n) is 5.29. The van der Waals surface area contributed by atoms with Crippen LogP contribution in [-0.4, -0.2) is 16.1 Å². The van der Waals surface area contributed by atoms with E-state index in [1.165, 1.54) is 18.2 Å². The number of aromatic nitrogens is 1. The summed E-state index contributed by atoms with van der Waals surface area (Å²) in [6.07, 6.45) is 0. The van der Waals surface area contributed by atoms with E-state index in [9.17, 15) is 14.4 Å². The Morgan fingerprint density at radius 2 is 1.80 bits per heavy atom. The summed E-state index contributed by atoms with van der Waals surface area (Å²) in [5, 5.41) is 18.3. The van der Waals surface area contributed by atoms with Gasteiger partial charge in [0.25, 0.3) is 0 Å². The highest BCUT2D eigenvalue weighted by atomic mass is 19.1. The van der Waals surface area contributed by atoms with Crippen LogP contribution in [0.25, 0.3) is 22.4 Å². The molecule has 3 aromatic rings. The maximum Gasteiger partial charge on any atom is 0.335 e. The van der Waals surface area contributed by atoms with E-state index in [0.29, 0.717) is 16.8 Å². The molecule has 6 heteroatoms. The van der Waals surface area contributed by atoms with Crippen LogP contribution in [0.1, 0.15) is 15.9 Å². The monoisotopic (exact) mass is 333 g/mol. The third-order valence-corrected chi connectivity index (χ3v) is 3.75. The van der Waals surface area contributed by atoms with Gasteiger partial charge in [0.2, 0.25) is 0 Å². The van der Waals surface area contributed by atoms with Crippen molar-refractivity contribution in [2.75, 3.05) is 5.73 Å². The van der Waals surface area contributed by atoms with Crippen molar-refractivity contribution in [3.63, 3.8) is 0 Å². The normalized spacial score (nSPS) is 10.2. The molecular formula is C19H12FN3O2. The summed E-state index contributed by atoms with van der Waals surface area (Å²) in [4.78, 5) is 15.1. The number of carbonyl (C=O) groups is 1. The van der Waals surface area contributed by atoms with E-state index in [1.807, 2.05) is 6.07 Å². The molecule has 0 saturated carbocycles. The van der Waals surface area contributed by atoms with Crippen molar-refractivity contribution in [1.82, 2.24) is 4.98 Å². The first kappa shape index (κ1) is 16.1. The third-order valence-electron chi connectivity index (χ3n) is 3.75. The van der Waals surface area contributed by atoms with Gasteiger partial charge in [0.1, 0.15) is 23.3 Å². The largest absolute Gasteiger partial charge is 0.478 e. The number of nitrogens with two attached hydrogens (primary N) is 1. The minimum atomic E-state index is -1.04. The highest BCUT2D eigenvalue weighted by Gasteiger charge is 2.16. The Bertz CT molecular complexity index is 1010. The lowest BCUT2D eigenvalue weighted by atomic mass is 9.98. The quantitative estimate of drug-likeness (QED) is 0.761. The summed E-state index contributed by atoms with van der Waals surface area (Å²) >= 11 is 0.